The Hall–Kier alpha value is -2.43. The van der Waals surface area contributed by atoms with E-state index in [9.17, 15) is 9.90 Å². The van der Waals surface area contributed by atoms with Gasteiger partial charge in [-0.15, -0.1) is 0 Å². The molecule has 0 saturated heterocycles. The van der Waals surface area contributed by atoms with Crippen molar-refractivity contribution in [3.63, 3.8) is 0 Å². The molecule has 5 nitrogen and oxygen atoms in total. The summed E-state index contributed by atoms with van der Waals surface area (Å²) >= 11 is 0. The Morgan fingerprint density at radius 1 is 0.950 bits per heavy atom. The monoisotopic (exact) mass is 276 g/mol. The lowest BCUT2D eigenvalue weighted by atomic mass is 10.0. The van der Waals surface area contributed by atoms with Gasteiger partial charge in [0.25, 0.3) is 0 Å². The van der Waals surface area contributed by atoms with Crippen LogP contribution in [0.3, 0.4) is 0 Å². The Morgan fingerprint density at radius 3 is 1.90 bits per heavy atom. The largest absolute Gasteiger partial charge is 0.506 e. The summed E-state index contributed by atoms with van der Waals surface area (Å²) in [5.74, 6) is 1.03. The lowest BCUT2D eigenvalue weighted by molar-refractivity contribution is 0.101. The van der Waals surface area contributed by atoms with E-state index in [2.05, 4.69) is 0 Å². The van der Waals surface area contributed by atoms with Crippen molar-refractivity contribution < 1.29 is 24.1 Å². The Labute approximate surface area is 116 Å². The van der Waals surface area contributed by atoms with Gasteiger partial charge in [0.2, 0.25) is 0 Å². The minimum absolute atomic E-state index is 0.135. The lowest BCUT2D eigenvalue weighted by Gasteiger charge is -2.16. The molecule has 0 aliphatic carbocycles. The first kappa shape index (κ1) is 14.0. The molecular formula is C15H16O5. The molecule has 106 valence electrons. The van der Waals surface area contributed by atoms with Crippen LogP contribution in [0.2, 0.25) is 0 Å². The van der Waals surface area contributed by atoms with Crippen LogP contribution in [0, 0.1) is 0 Å². The molecule has 0 fully saturated rings. The summed E-state index contributed by atoms with van der Waals surface area (Å²) in [4.78, 5) is 11.6. The van der Waals surface area contributed by atoms with Gasteiger partial charge in [0.15, 0.2) is 5.78 Å². The second-order valence-electron chi connectivity index (χ2n) is 4.25. The molecule has 5 heteroatoms. The smallest absolute Gasteiger partial charge is 0.163 e. The fourth-order valence-corrected chi connectivity index (χ4v) is 2.22. The molecule has 0 amide bonds. The number of ether oxygens (including phenoxy) is 3. The number of Topliss-reactive ketones (excluding diaryl/α,β-unsaturated/α-hetero) is 1. The van der Waals surface area contributed by atoms with Crippen molar-refractivity contribution in [3.8, 4) is 23.0 Å². The molecule has 0 aliphatic rings. The maximum atomic E-state index is 11.6. The Morgan fingerprint density at radius 2 is 1.45 bits per heavy atom. The molecule has 0 unspecified atom stereocenters. The van der Waals surface area contributed by atoms with Gasteiger partial charge in [-0.1, -0.05) is 0 Å². The zero-order chi connectivity index (χ0) is 14.9. The summed E-state index contributed by atoms with van der Waals surface area (Å²) in [5, 5.41) is 11.3. The van der Waals surface area contributed by atoms with E-state index >= 15 is 0 Å². The number of hydrogen-bond donors (Lipinski definition) is 1. The van der Waals surface area contributed by atoms with Gasteiger partial charge in [0.05, 0.1) is 37.7 Å². The first-order valence-electron chi connectivity index (χ1n) is 6.00. The van der Waals surface area contributed by atoms with Crippen LogP contribution in [-0.2, 0) is 0 Å². The highest BCUT2D eigenvalue weighted by molar-refractivity contribution is 6.09. The number of aromatic hydroxyl groups is 1. The van der Waals surface area contributed by atoms with Crippen LogP contribution in [0.4, 0.5) is 0 Å². The normalized spacial score (nSPS) is 10.4. The number of carbonyl (C=O) groups is 1. The van der Waals surface area contributed by atoms with Crippen molar-refractivity contribution in [2.75, 3.05) is 21.3 Å². The molecule has 2 aromatic rings. The van der Waals surface area contributed by atoms with Gasteiger partial charge in [0.1, 0.15) is 23.0 Å². The molecule has 0 radical (unpaired) electrons. The number of fused-ring (bicyclic) bond motifs is 1. The third-order valence-corrected chi connectivity index (χ3v) is 3.18. The van der Waals surface area contributed by atoms with Gasteiger partial charge in [-0.3, -0.25) is 4.79 Å². The Kier molecular flexibility index (Phi) is 3.70. The van der Waals surface area contributed by atoms with Gasteiger partial charge in [-0.05, 0) is 25.1 Å². The maximum Gasteiger partial charge on any atom is 0.163 e. The topological polar surface area (TPSA) is 65.0 Å². The summed E-state index contributed by atoms with van der Waals surface area (Å²) in [6, 6.07) is 4.89. The van der Waals surface area contributed by atoms with Crippen molar-refractivity contribution in [3.05, 3.63) is 23.8 Å². The van der Waals surface area contributed by atoms with E-state index in [0.717, 1.165) is 0 Å². The third-order valence-electron chi connectivity index (χ3n) is 3.18. The first-order chi connectivity index (χ1) is 9.54. The fourth-order valence-electron chi connectivity index (χ4n) is 2.22. The number of phenols is 1. The van der Waals surface area contributed by atoms with Crippen molar-refractivity contribution in [2.45, 2.75) is 6.92 Å². The zero-order valence-corrected chi connectivity index (χ0v) is 11.8. The molecule has 2 rings (SSSR count). The van der Waals surface area contributed by atoms with Crippen LogP contribution in [0.25, 0.3) is 10.8 Å². The molecule has 0 saturated carbocycles. The highest BCUT2D eigenvalue weighted by Crippen LogP contribution is 2.45. The summed E-state index contributed by atoms with van der Waals surface area (Å²) in [5.41, 5.74) is 0.181. The van der Waals surface area contributed by atoms with Crippen LogP contribution in [-0.4, -0.2) is 32.2 Å². The molecule has 0 atom stereocenters. The highest BCUT2D eigenvalue weighted by Gasteiger charge is 2.21. The Balaban J connectivity index is 3.02. The van der Waals surface area contributed by atoms with Crippen molar-refractivity contribution in [1.29, 1.82) is 0 Å². The number of methoxy groups -OCH3 is 3. The standard InChI is InChI=1S/C15H16O5/c1-8(16)9-7-12(20-4)13-10(18-2)5-6-11(19-3)14(13)15(9)17/h5-7,17H,1-4H3. The summed E-state index contributed by atoms with van der Waals surface area (Å²) in [6.07, 6.45) is 0. The van der Waals surface area contributed by atoms with Crippen molar-refractivity contribution >= 4 is 16.6 Å². The minimum Gasteiger partial charge on any atom is -0.506 e. The maximum absolute atomic E-state index is 11.6. The highest BCUT2D eigenvalue weighted by atomic mass is 16.5. The molecule has 20 heavy (non-hydrogen) atoms. The summed E-state index contributed by atoms with van der Waals surface area (Å²) in [6.45, 7) is 1.38. The van der Waals surface area contributed by atoms with Crippen molar-refractivity contribution in [1.82, 2.24) is 0 Å². The quantitative estimate of drug-likeness (QED) is 0.870. The first-order valence-corrected chi connectivity index (χ1v) is 6.00. The fraction of sp³-hybridized carbons (Fsp3) is 0.267. The predicted octanol–water partition coefficient (Wildman–Crippen LogP) is 2.77. The molecule has 1 N–H and O–H groups in total. The van der Waals surface area contributed by atoms with Gasteiger partial charge in [-0.2, -0.15) is 0 Å². The molecule has 2 aromatic carbocycles. The molecule has 0 aliphatic heterocycles. The van der Waals surface area contributed by atoms with Crippen LogP contribution in [0.5, 0.6) is 23.0 Å². The number of ketones is 1. The van der Waals surface area contributed by atoms with E-state index < -0.39 is 0 Å². The second-order valence-corrected chi connectivity index (χ2v) is 4.25. The van der Waals surface area contributed by atoms with Gasteiger partial charge in [-0.25, -0.2) is 0 Å². The third kappa shape index (κ3) is 2.01. The molecule has 0 aromatic heterocycles. The second kappa shape index (κ2) is 5.28. The van der Waals surface area contributed by atoms with Gasteiger partial charge >= 0.3 is 0 Å². The molecular weight excluding hydrogens is 260 g/mol. The van der Waals surface area contributed by atoms with Crippen LogP contribution in [0.1, 0.15) is 17.3 Å². The lowest BCUT2D eigenvalue weighted by Crippen LogP contribution is -1.99. The molecule has 0 heterocycles. The van der Waals surface area contributed by atoms with Crippen LogP contribution < -0.4 is 14.2 Å². The molecule has 0 bridgehead atoms. The van der Waals surface area contributed by atoms with Gasteiger partial charge in [0, 0.05) is 0 Å². The average molecular weight is 276 g/mol. The minimum atomic E-state index is -0.257. The van der Waals surface area contributed by atoms with E-state index in [0.29, 0.717) is 28.0 Å². The van der Waals surface area contributed by atoms with Crippen molar-refractivity contribution in [2.24, 2.45) is 0 Å². The number of hydrogen-bond acceptors (Lipinski definition) is 5. The van der Waals surface area contributed by atoms with E-state index in [1.165, 1.54) is 34.3 Å². The predicted molar refractivity (Wildman–Crippen MR) is 75.3 cm³/mol. The average Bonchev–Trinajstić information content (AvgIpc) is 2.46. The SMILES string of the molecule is COc1ccc(OC)c2c(O)c(C(C)=O)cc(OC)c12. The molecule has 0 spiro atoms. The summed E-state index contributed by atoms with van der Waals surface area (Å²) in [7, 11) is 4.51. The number of carbonyl (C=O) groups excluding carboxylic acids is 1. The van der Waals surface area contributed by atoms with Gasteiger partial charge < -0.3 is 19.3 Å². The van der Waals surface area contributed by atoms with Crippen LogP contribution in [0.15, 0.2) is 18.2 Å². The van der Waals surface area contributed by atoms with E-state index in [-0.39, 0.29) is 17.1 Å². The van der Waals surface area contributed by atoms with E-state index in [4.69, 9.17) is 14.2 Å². The number of rotatable bonds is 4. The Bertz CT molecular complexity index is 676. The zero-order valence-electron chi connectivity index (χ0n) is 11.8. The number of phenolic OH excluding ortho intramolecular Hbond substituents is 1. The van der Waals surface area contributed by atoms with E-state index in [1.807, 2.05) is 0 Å². The summed E-state index contributed by atoms with van der Waals surface area (Å²) < 4.78 is 15.9. The number of benzene rings is 2. The van der Waals surface area contributed by atoms with Crippen LogP contribution >= 0.6 is 0 Å². The van der Waals surface area contributed by atoms with E-state index in [1.54, 1.807) is 12.1 Å².